The third kappa shape index (κ3) is 2.58. The van der Waals surface area contributed by atoms with Crippen LogP contribution in [0.5, 0.6) is 0 Å². The van der Waals surface area contributed by atoms with Crippen LogP contribution in [0.15, 0.2) is 23.1 Å². The Kier molecular flexibility index (Phi) is 3.35. The number of nitriles is 1. The van der Waals surface area contributed by atoms with Crippen LogP contribution in [-0.2, 0) is 10.0 Å². The standard InChI is InChI=1S/C10H10ClN3O2S/c11-10-3-9(2-1-7(10)4-12)17(15,16)14-8-5-13-6-8/h1-3,8,13-14H,5-6H2. The Bertz CT molecular complexity index is 576. The summed E-state index contributed by atoms with van der Waals surface area (Å²) in [5.41, 5.74) is 0.260. The predicted octanol–water partition coefficient (Wildman–Crippen LogP) is 0.462. The molecule has 5 nitrogen and oxygen atoms in total. The Labute approximate surface area is 104 Å². The fourth-order valence-corrected chi connectivity index (χ4v) is 2.96. The molecule has 2 N–H and O–H groups in total. The minimum atomic E-state index is -3.55. The molecule has 1 aromatic carbocycles. The minimum absolute atomic E-state index is 0.0746. The van der Waals surface area contributed by atoms with Gasteiger partial charge in [-0.15, -0.1) is 0 Å². The summed E-state index contributed by atoms with van der Waals surface area (Å²) in [6, 6.07) is 5.86. The molecule has 0 aliphatic carbocycles. The lowest BCUT2D eigenvalue weighted by Gasteiger charge is -2.27. The number of nitrogens with zero attached hydrogens (tertiary/aromatic N) is 1. The Morgan fingerprint density at radius 1 is 1.47 bits per heavy atom. The Hall–Kier alpha value is -1.13. The molecule has 0 aromatic heterocycles. The van der Waals surface area contributed by atoms with E-state index >= 15 is 0 Å². The van der Waals surface area contributed by atoms with Crippen LogP contribution in [0.3, 0.4) is 0 Å². The Balaban J connectivity index is 2.27. The summed E-state index contributed by atoms with van der Waals surface area (Å²) in [6.45, 7) is 1.26. The van der Waals surface area contributed by atoms with E-state index in [2.05, 4.69) is 10.0 Å². The molecular formula is C10H10ClN3O2S. The maximum atomic E-state index is 11.9. The third-order valence-corrected chi connectivity index (χ3v) is 4.31. The van der Waals surface area contributed by atoms with Gasteiger partial charge < -0.3 is 5.32 Å². The summed E-state index contributed by atoms with van der Waals surface area (Å²) in [5, 5.41) is 11.8. The first-order valence-corrected chi connectivity index (χ1v) is 6.82. The van der Waals surface area contributed by atoms with Crippen LogP contribution < -0.4 is 10.0 Å². The average molecular weight is 272 g/mol. The van der Waals surface area contributed by atoms with Gasteiger partial charge in [0.2, 0.25) is 10.0 Å². The zero-order valence-corrected chi connectivity index (χ0v) is 10.3. The van der Waals surface area contributed by atoms with Gasteiger partial charge in [-0.05, 0) is 18.2 Å². The van der Waals surface area contributed by atoms with Crippen LogP contribution in [0, 0.1) is 11.3 Å². The van der Waals surface area contributed by atoms with Gasteiger partial charge in [0.25, 0.3) is 0 Å². The van der Waals surface area contributed by atoms with Crippen molar-refractivity contribution >= 4 is 21.6 Å². The molecule has 1 saturated heterocycles. The van der Waals surface area contributed by atoms with Crippen molar-refractivity contribution in [3.63, 3.8) is 0 Å². The van der Waals surface area contributed by atoms with E-state index in [1.165, 1.54) is 18.2 Å². The van der Waals surface area contributed by atoms with Crippen LogP contribution in [0.2, 0.25) is 5.02 Å². The average Bonchev–Trinajstić information content (AvgIpc) is 2.23. The lowest BCUT2D eigenvalue weighted by molar-refractivity contribution is 0.410. The molecular weight excluding hydrogens is 262 g/mol. The number of benzene rings is 1. The van der Waals surface area contributed by atoms with Crippen molar-refractivity contribution in [2.75, 3.05) is 13.1 Å². The van der Waals surface area contributed by atoms with Gasteiger partial charge in [0.1, 0.15) is 6.07 Å². The topological polar surface area (TPSA) is 82.0 Å². The molecule has 0 amide bonds. The van der Waals surface area contributed by atoms with Gasteiger partial charge >= 0.3 is 0 Å². The predicted molar refractivity (Wildman–Crippen MR) is 63.1 cm³/mol. The Morgan fingerprint density at radius 3 is 2.65 bits per heavy atom. The molecule has 0 saturated carbocycles. The van der Waals surface area contributed by atoms with Crippen LogP contribution in [0.1, 0.15) is 5.56 Å². The van der Waals surface area contributed by atoms with E-state index in [1.54, 1.807) is 0 Å². The molecule has 0 unspecified atom stereocenters. The van der Waals surface area contributed by atoms with Crippen molar-refractivity contribution in [2.45, 2.75) is 10.9 Å². The summed E-state index contributed by atoms with van der Waals surface area (Å²) in [6.07, 6.45) is 0. The van der Waals surface area contributed by atoms with E-state index in [4.69, 9.17) is 16.9 Å². The van der Waals surface area contributed by atoms with Gasteiger partial charge in [0, 0.05) is 19.1 Å². The second kappa shape index (κ2) is 4.63. The first kappa shape index (κ1) is 12.3. The van der Waals surface area contributed by atoms with Crippen molar-refractivity contribution in [1.82, 2.24) is 10.0 Å². The van der Waals surface area contributed by atoms with Gasteiger partial charge in [-0.2, -0.15) is 5.26 Å². The summed E-state index contributed by atoms with van der Waals surface area (Å²) < 4.78 is 26.4. The monoisotopic (exact) mass is 271 g/mol. The first-order valence-electron chi connectivity index (χ1n) is 4.95. The molecule has 1 heterocycles. The van der Waals surface area contributed by atoms with Crippen LogP contribution >= 0.6 is 11.6 Å². The fourth-order valence-electron chi connectivity index (χ4n) is 1.41. The number of rotatable bonds is 3. The minimum Gasteiger partial charge on any atom is -0.313 e. The maximum absolute atomic E-state index is 11.9. The van der Waals surface area contributed by atoms with Crippen molar-refractivity contribution < 1.29 is 8.42 Å². The number of nitrogens with one attached hydrogen (secondary N) is 2. The molecule has 0 spiro atoms. The lowest BCUT2D eigenvalue weighted by Crippen LogP contribution is -2.56. The van der Waals surface area contributed by atoms with Gasteiger partial charge in [0.15, 0.2) is 0 Å². The van der Waals surface area contributed by atoms with E-state index in [1.807, 2.05) is 6.07 Å². The van der Waals surface area contributed by atoms with Gasteiger partial charge in [-0.1, -0.05) is 11.6 Å². The molecule has 17 heavy (non-hydrogen) atoms. The largest absolute Gasteiger partial charge is 0.313 e. The van der Waals surface area contributed by atoms with Crippen molar-refractivity contribution in [1.29, 1.82) is 5.26 Å². The summed E-state index contributed by atoms with van der Waals surface area (Å²) in [4.78, 5) is 0.0772. The van der Waals surface area contributed by atoms with Gasteiger partial charge in [-0.3, -0.25) is 0 Å². The van der Waals surface area contributed by atoms with E-state index in [0.29, 0.717) is 13.1 Å². The Morgan fingerprint density at radius 2 is 2.18 bits per heavy atom. The fraction of sp³-hybridized carbons (Fsp3) is 0.300. The molecule has 1 aliphatic rings. The van der Waals surface area contributed by atoms with E-state index in [-0.39, 0.29) is 21.5 Å². The molecule has 0 bridgehead atoms. The molecule has 90 valence electrons. The van der Waals surface area contributed by atoms with Crippen LogP contribution in [0.4, 0.5) is 0 Å². The highest BCUT2D eigenvalue weighted by Gasteiger charge is 2.24. The van der Waals surface area contributed by atoms with Gasteiger partial charge in [-0.25, -0.2) is 13.1 Å². The normalized spacial score (nSPS) is 16.2. The van der Waals surface area contributed by atoms with E-state index in [9.17, 15) is 8.42 Å². The highest BCUT2D eigenvalue weighted by Crippen LogP contribution is 2.20. The SMILES string of the molecule is N#Cc1ccc(S(=O)(=O)NC2CNC2)cc1Cl. The van der Waals surface area contributed by atoms with Crippen LogP contribution in [-0.4, -0.2) is 27.5 Å². The third-order valence-electron chi connectivity index (χ3n) is 2.47. The van der Waals surface area contributed by atoms with Crippen molar-refractivity contribution in [3.8, 4) is 6.07 Å². The molecule has 1 fully saturated rings. The van der Waals surface area contributed by atoms with Crippen LogP contribution in [0.25, 0.3) is 0 Å². The molecule has 0 radical (unpaired) electrons. The summed E-state index contributed by atoms with van der Waals surface area (Å²) >= 11 is 5.79. The molecule has 1 aromatic rings. The molecule has 1 aliphatic heterocycles. The molecule has 0 atom stereocenters. The summed E-state index contributed by atoms with van der Waals surface area (Å²) in [5.74, 6) is 0. The van der Waals surface area contributed by atoms with Crippen molar-refractivity contribution in [3.05, 3.63) is 28.8 Å². The highest BCUT2D eigenvalue weighted by molar-refractivity contribution is 7.89. The zero-order valence-electron chi connectivity index (χ0n) is 8.77. The quantitative estimate of drug-likeness (QED) is 0.837. The molecule has 7 heteroatoms. The van der Waals surface area contributed by atoms with E-state index < -0.39 is 10.0 Å². The zero-order chi connectivity index (χ0) is 12.5. The smallest absolute Gasteiger partial charge is 0.240 e. The number of hydrogen-bond donors (Lipinski definition) is 2. The molecule has 2 rings (SSSR count). The number of sulfonamides is 1. The van der Waals surface area contributed by atoms with Gasteiger partial charge in [0.05, 0.1) is 15.5 Å². The second-order valence-corrected chi connectivity index (χ2v) is 5.85. The highest BCUT2D eigenvalue weighted by atomic mass is 35.5. The first-order chi connectivity index (χ1) is 8.03. The van der Waals surface area contributed by atoms with Crippen molar-refractivity contribution in [2.24, 2.45) is 0 Å². The van der Waals surface area contributed by atoms with E-state index in [0.717, 1.165) is 0 Å². The number of hydrogen-bond acceptors (Lipinski definition) is 4. The maximum Gasteiger partial charge on any atom is 0.240 e. The second-order valence-electron chi connectivity index (χ2n) is 3.73. The lowest BCUT2D eigenvalue weighted by atomic mass is 10.2. The summed E-state index contributed by atoms with van der Waals surface area (Å²) in [7, 11) is -3.55. The number of halogens is 1.